The van der Waals surface area contributed by atoms with Crippen molar-refractivity contribution in [3.63, 3.8) is 0 Å². The van der Waals surface area contributed by atoms with Gasteiger partial charge in [0.15, 0.2) is 0 Å². The van der Waals surface area contributed by atoms with Crippen molar-refractivity contribution < 1.29 is 14.6 Å². The molecular weight excluding hydrogens is 266 g/mol. The molecule has 0 unspecified atom stereocenters. The number of benzene rings is 1. The minimum atomic E-state index is -0.534. The highest BCUT2D eigenvalue weighted by atomic mass is 16.5. The highest BCUT2D eigenvalue weighted by molar-refractivity contribution is 5.94. The van der Waals surface area contributed by atoms with Gasteiger partial charge in [-0.25, -0.2) is 0 Å². The number of aliphatic hydroxyl groups is 1. The van der Waals surface area contributed by atoms with Crippen molar-refractivity contribution in [1.29, 1.82) is 0 Å². The van der Waals surface area contributed by atoms with Crippen molar-refractivity contribution in [2.45, 2.75) is 52.0 Å². The second kappa shape index (κ2) is 8.67. The zero-order valence-electron chi connectivity index (χ0n) is 13.3. The van der Waals surface area contributed by atoms with Gasteiger partial charge >= 0.3 is 0 Å². The van der Waals surface area contributed by atoms with Crippen LogP contribution in [-0.2, 0) is 0 Å². The number of aliphatic hydroxyl groups excluding tert-OH is 1. The average molecular weight is 293 g/mol. The zero-order chi connectivity index (χ0) is 15.7. The molecule has 0 aliphatic heterocycles. The number of rotatable bonds is 9. The van der Waals surface area contributed by atoms with Crippen LogP contribution in [-0.4, -0.2) is 29.8 Å². The quantitative estimate of drug-likeness (QED) is 0.688. The summed E-state index contributed by atoms with van der Waals surface area (Å²) < 4.78 is 5.57. The normalized spacial score (nSPS) is 11.2. The maximum Gasteiger partial charge on any atom is 0.251 e. The zero-order valence-corrected chi connectivity index (χ0v) is 13.3. The number of nitrogens with one attached hydrogen (secondary N) is 1. The van der Waals surface area contributed by atoms with Crippen molar-refractivity contribution in [1.82, 2.24) is 5.32 Å². The molecule has 4 heteroatoms. The first kappa shape index (κ1) is 17.5. The first-order chi connectivity index (χ1) is 10.1. The van der Waals surface area contributed by atoms with Crippen LogP contribution in [0.4, 0.5) is 0 Å². The van der Waals surface area contributed by atoms with E-state index in [2.05, 4.69) is 12.2 Å². The Balaban J connectivity index is 2.66. The lowest BCUT2D eigenvalue weighted by Crippen LogP contribution is -2.50. The molecule has 0 saturated heterocycles. The molecule has 1 rings (SSSR count). The first-order valence-electron chi connectivity index (χ1n) is 7.77. The van der Waals surface area contributed by atoms with E-state index in [9.17, 15) is 9.90 Å². The molecule has 21 heavy (non-hydrogen) atoms. The Morgan fingerprint density at radius 2 is 1.81 bits per heavy atom. The van der Waals surface area contributed by atoms with E-state index in [1.54, 1.807) is 12.1 Å². The number of amides is 1. The third-order valence-corrected chi connectivity index (χ3v) is 3.92. The SMILES string of the molecule is CCCCOc1ccc(C(=O)NC(CC)(CC)CO)cc1. The number of unbranched alkanes of at least 4 members (excludes halogenated alkanes) is 1. The molecule has 2 N–H and O–H groups in total. The van der Waals surface area contributed by atoms with Crippen molar-refractivity contribution in [2.24, 2.45) is 0 Å². The number of hydrogen-bond acceptors (Lipinski definition) is 3. The highest BCUT2D eigenvalue weighted by Gasteiger charge is 2.27. The molecule has 0 fully saturated rings. The molecule has 0 aliphatic rings. The van der Waals surface area contributed by atoms with E-state index in [4.69, 9.17) is 4.74 Å². The predicted molar refractivity (Wildman–Crippen MR) is 84.7 cm³/mol. The van der Waals surface area contributed by atoms with E-state index in [-0.39, 0.29) is 12.5 Å². The van der Waals surface area contributed by atoms with Gasteiger partial charge in [-0.05, 0) is 43.5 Å². The van der Waals surface area contributed by atoms with Gasteiger partial charge in [-0.15, -0.1) is 0 Å². The van der Waals surface area contributed by atoms with Gasteiger partial charge in [-0.3, -0.25) is 4.79 Å². The Hall–Kier alpha value is -1.55. The fourth-order valence-corrected chi connectivity index (χ4v) is 2.04. The Bertz CT molecular complexity index is 416. The summed E-state index contributed by atoms with van der Waals surface area (Å²) in [5, 5.41) is 12.4. The summed E-state index contributed by atoms with van der Waals surface area (Å²) in [6.45, 7) is 6.69. The van der Waals surface area contributed by atoms with Crippen LogP contribution in [0.5, 0.6) is 5.75 Å². The number of carbonyl (C=O) groups excluding carboxylic acids is 1. The maximum absolute atomic E-state index is 12.2. The molecule has 0 aliphatic carbocycles. The summed E-state index contributed by atoms with van der Waals surface area (Å²) in [4.78, 5) is 12.2. The molecule has 0 aromatic heterocycles. The fraction of sp³-hybridized carbons (Fsp3) is 0.588. The van der Waals surface area contributed by atoms with Crippen LogP contribution in [0.2, 0.25) is 0 Å². The van der Waals surface area contributed by atoms with Gasteiger partial charge in [0.05, 0.1) is 18.8 Å². The van der Waals surface area contributed by atoms with Crippen LogP contribution in [0.3, 0.4) is 0 Å². The van der Waals surface area contributed by atoms with Crippen LogP contribution in [0, 0.1) is 0 Å². The largest absolute Gasteiger partial charge is 0.494 e. The van der Waals surface area contributed by atoms with Gasteiger partial charge in [0.25, 0.3) is 5.91 Å². The Morgan fingerprint density at radius 1 is 1.19 bits per heavy atom. The van der Waals surface area contributed by atoms with Crippen LogP contribution >= 0.6 is 0 Å². The summed E-state index contributed by atoms with van der Waals surface area (Å²) >= 11 is 0. The van der Waals surface area contributed by atoms with Crippen molar-refractivity contribution >= 4 is 5.91 Å². The van der Waals surface area contributed by atoms with Gasteiger partial charge in [-0.1, -0.05) is 27.2 Å². The standard InChI is InChI=1S/C17H27NO3/c1-4-7-12-21-15-10-8-14(9-11-15)16(20)18-17(5-2,6-3)13-19/h8-11,19H,4-7,12-13H2,1-3H3,(H,18,20). The Labute approximate surface area is 127 Å². The topological polar surface area (TPSA) is 58.6 Å². The molecule has 118 valence electrons. The van der Waals surface area contributed by atoms with Gasteiger partial charge < -0.3 is 15.2 Å². The number of hydrogen-bond donors (Lipinski definition) is 2. The predicted octanol–water partition coefficient (Wildman–Crippen LogP) is 3.15. The average Bonchev–Trinajstić information content (AvgIpc) is 2.53. The van der Waals surface area contributed by atoms with Gasteiger partial charge in [-0.2, -0.15) is 0 Å². The second-order valence-electron chi connectivity index (χ2n) is 5.33. The fourth-order valence-electron chi connectivity index (χ4n) is 2.04. The molecule has 0 radical (unpaired) electrons. The van der Waals surface area contributed by atoms with Crippen molar-refractivity contribution in [2.75, 3.05) is 13.2 Å². The second-order valence-corrected chi connectivity index (χ2v) is 5.33. The molecule has 0 saturated carbocycles. The van der Waals surface area contributed by atoms with Gasteiger partial charge in [0.1, 0.15) is 5.75 Å². The molecule has 1 amide bonds. The summed E-state index contributed by atoms with van der Waals surface area (Å²) in [5.74, 6) is 0.618. The lowest BCUT2D eigenvalue weighted by Gasteiger charge is -2.30. The third-order valence-electron chi connectivity index (χ3n) is 3.92. The summed E-state index contributed by atoms with van der Waals surface area (Å²) in [7, 11) is 0. The monoisotopic (exact) mass is 293 g/mol. The minimum Gasteiger partial charge on any atom is -0.494 e. The van der Waals surface area contributed by atoms with E-state index < -0.39 is 5.54 Å². The summed E-state index contributed by atoms with van der Waals surface area (Å²) in [5.41, 5.74) is 0.0467. The lowest BCUT2D eigenvalue weighted by molar-refractivity contribution is 0.0818. The molecule has 1 aromatic carbocycles. The molecule has 4 nitrogen and oxygen atoms in total. The van der Waals surface area contributed by atoms with Crippen LogP contribution in [0.15, 0.2) is 24.3 Å². The number of carbonyl (C=O) groups is 1. The smallest absolute Gasteiger partial charge is 0.251 e. The molecule has 0 spiro atoms. The summed E-state index contributed by atoms with van der Waals surface area (Å²) in [6, 6.07) is 7.13. The van der Waals surface area contributed by atoms with E-state index >= 15 is 0 Å². The third kappa shape index (κ3) is 5.05. The van der Waals surface area contributed by atoms with Crippen molar-refractivity contribution in [3.05, 3.63) is 29.8 Å². The molecule has 1 aromatic rings. The number of ether oxygens (including phenoxy) is 1. The summed E-state index contributed by atoms with van der Waals surface area (Å²) in [6.07, 6.45) is 3.51. The lowest BCUT2D eigenvalue weighted by atomic mass is 9.93. The minimum absolute atomic E-state index is 0.0516. The molecular formula is C17H27NO3. The highest BCUT2D eigenvalue weighted by Crippen LogP contribution is 2.17. The van der Waals surface area contributed by atoms with E-state index in [0.29, 0.717) is 25.0 Å². The van der Waals surface area contributed by atoms with E-state index in [1.807, 2.05) is 26.0 Å². The van der Waals surface area contributed by atoms with Crippen LogP contribution in [0.25, 0.3) is 0 Å². The van der Waals surface area contributed by atoms with Crippen LogP contribution < -0.4 is 10.1 Å². The van der Waals surface area contributed by atoms with E-state index in [0.717, 1.165) is 18.6 Å². The van der Waals surface area contributed by atoms with Gasteiger partial charge in [0, 0.05) is 5.56 Å². The van der Waals surface area contributed by atoms with Gasteiger partial charge in [0.2, 0.25) is 0 Å². The maximum atomic E-state index is 12.2. The first-order valence-corrected chi connectivity index (χ1v) is 7.77. The molecule has 0 heterocycles. The van der Waals surface area contributed by atoms with Crippen molar-refractivity contribution in [3.8, 4) is 5.75 Å². The van der Waals surface area contributed by atoms with Crippen LogP contribution in [0.1, 0.15) is 56.8 Å². The molecule has 0 atom stereocenters. The Kier molecular flexibility index (Phi) is 7.23. The van der Waals surface area contributed by atoms with E-state index in [1.165, 1.54) is 0 Å². The Morgan fingerprint density at radius 3 is 2.29 bits per heavy atom. The molecule has 0 bridgehead atoms.